The third-order valence-electron chi connectivity index (χ3n) is 4.27. The lowest BCUT2D eigenvalue weighted by atomic mass is 10.1. The van der Waals surface area contributed by atoms with E-state index in [9.17, 15) is 9.59 Å². The van der Waals surface area contributed by atoms with Crippen LogP contribution in [0.25, 0.3) is 10.9 Å². The molecule has 1 amide bonds. The number of aryl methyl sites for hydroxylation is 1. The number of esters is 1. The number of fused-ring (bicyclic) bond motifs is 1. The summed E-state index contributed by atoms with van der Waals surface area (Å²) in [6, 6.07) is 12.9. The largest absolute Gasteiger partial charge is 0.497 e. The van der Waals surface area contributed by atoms with Crippen molar-refractivity contribution in [3.05, 3.63) is 54.2 Å². The van der Waals surface area contributed by atoms with Crippen LogP contribution in [0, 0.1) is 0 Å². The highest BCUT2D eigenvalue weighted by Crippen LogP contribution is 2.25. The van der Waals surface area contributed by atoms with Gasteiger partial charge in [-0.15, -0.1) is 0 Å². The maximum Gasteiger partial charge on any atom is 0.306 e. The van der Waals surface area contributed by atoms with E-state index in [2.05, 4.69) is 10.3 Å². The van der Waals surface area contributed by atoms with Crippen LogP contribution < -0.4 is 14.8 Å². The molecule has 146 valence electrons. The van der Waals surface area contributed by atoms with Gasteiger partial charge in [0.05, 0.1) is 14.2 Å². The van der Waals surface area contributed by atoms with Crippen LogP contribution in [0.2, 0.25) is 0 Å². The number of methoxy groups -OCH3 is 2. The Bertz CT molecular complexity index is 958. The Kier molecular flexibility index (Phi) is 6.16. The Balaban J connectivity index is 1.48. The van der Waals surface area contributed by atoms with Crippen molar-refractivity contribution >= 4 is 28.5 Å². The molecule has 0 radical (unpaired) electrons. The molecule has 0 saturated heterocycles. The molecule has 28 heavy (non-hydrogen) atoms. The number of aromatic amines is 1. The summed E-state index contributed by atoms with van der Waals surface area (Å²) in [5, 5.41) is 3.74. The molecule has 7 heteroatoms. The van der Waals surface area contributed by atoms with Crippen molar-refractivity contribution in [3.8, 4) is 11.5 Å². The molecule has 2 aromatic carbocycles. The Hall–Kier alpha value is -3.48. The van der Waals surface area contributed by atoms with E-state index in [1.165, 1.54) is 14.2 Å². The van der Waals surface area contributed by atoms with Crippen LogP contribution in [-0.4, -0.2) is 37.7 Å². The second-order valence-electron chi connectivity index (χ2n) is 6.17. The molecule has 0 aliphatic carbocycles. The molecule has 0 aliphatic rings. The molecule has 2 N–H and O–H groups in total. The minimum atomic E-state index is -0.434. The Labute approximate surface area is 162 Å². The predicted molar refractivity (Wildman–Crippen MR) is 106 cm³/mol. The lowest BCUT2D eigenvalue weighted by Gasteiger charge is -2.10. The molecule has 0 fully saturated rings. The van der Waals surface area contributed by atoms with Gasteiger partial charge in [0, 0.05) is 47.4 Å². The van der Waals surface area contributed by atoms with Gasteiger partial charge in [-0.05, 0) is 18.1 Å². The Morgan fingerprint density at radius 1 is 1.04 bits per heavy atom. The molecule has 0 atom stereocenters. The maximum atomic E-state index is 12.0. The van der Waals surface area contributed by atoms with Crippen molar-refractivity contribution in [3.63, 3.8) is 0 Å². The van der Waals surface area contributed by atoms with Gasteiger partial charge in [-0.2, -0.15) is 0 Å². The van der Waals surface area contributed by atoms with E-state index in [4.69, 9.17) is 14.2 Å². The van der Waals surface area contributed by atoms with Gasteiger partial charge in [-0.25, -0.2) is 0 Å². The fraction of sp³-hybridized carbons (Fsp3) is 0.238. The van der Waals surface area contributed by atoms with Gasteiger partial charge in [0.1, 0.15) is 11.5 Å². The van der Waals surface area contributed by atoms with Gasteiger partial charge < -0.3 is 24.5 Å². The van der Waals surface area contributed by atoms with Crippen molar-refractivity contribution in [2.45, 2.75) is 12.8 Å². The first-order valence-corrected chi connectivity index (χ1v) is 8.82. The number of hydrogen-bond donors (Lipinski definition) is 2. The van der Waals surface area contributed by atoms with Gasteiger partial charge in [-0.3, -0.25) is 9.59 Å². The molecule has 3 aromatic rings. The predicted octanol–water partition coefficient (Wildman–Crippen LogP) is 3.30. The van der Waals surface area contributed by atoms with Gasteiger partial charge >= 0.3 is 5.97 Å². The second kappa shape index (κ2) is 8.94. The molecule has 0 bridgehead atoms. The van der Waals surface area contributed by atoms with Crippen LogP contribution in [0.15, 0.2) is 48.7 Å². The summed E-state index contributed by atoms with van der Waals surface area (Å²) in [4.78, 5) is 27.2. The van der Waals surface area contributed by atoms with Crippen LogP contribution in [0.3, 0.4) is 0 Å². The molecular weight excluding hydrogens is 360 g/mol. The van der Waals surface area contributed by atoms with Gasteiger partial charge in [-0.1, -0.05) is 18.2 Å². The number of carbonyl (C=O) groups is 2. The second-order valence-corrected chi connectivity index (χ2v) is 6.17. The normalized spacial score (nSPS) is 10.5. The summed E-state index contributed by atoms with van der Waals surface area (Å²) in [6.07, 6.45) is 2.63. The quantitative estimate of drug-likeness (QED) is 0.584. The monoisotopic (exact) mass is 382 g/mol. The molecule has 0 saturated carbocycles. The van der Waals surface area contributed by atoms with Crippen LogP contribution >= 0.6 is 0 Å². The number of carbonyl (C=O) groups excluding carboxylic acids is 2. The molecule has 0 spiro atoms. The Morgan fingerprint density at radius 2 is 1.75 bits per heavy atom. The molecule has 0 unspecified atom stereocenters. The SMILES string of the molecule is COc1cc(NC(=O)COC(=O)CCc2c[nH]c3ccccc23)cc(OC)c1. The maximum absolute atomic E-state index is 12.0. The van der Waals surface area contributed by atoms with E-state index in [1.807, 2.05) is 30.5 Å². The number of rotatable bonds is 8. The smallest absolute Gasteiger partial charge is 0.306 e. The summed E-state index contributed by atoms with van der Waals surface area (Å²) >= 11 is 0. The molecule has 3 rings (SSSR count). The van der Waals surface area contributed by atoms with Crippen molar-refractivity contribution in [1.29, 1.82) is 0 Å². The summed E-state index contributed by atoms with van der Waals surface area (Å²) in [7, 11) is 3.05. The van der Waals surface area contributed by atoms with Gasteiger partial charge in [0.15, 0.2) is 6.61 Å². The zero-order chi connectivity index (χ0) is 19.9. The van der Waals surface area contributed by atoms with Crippen molar-refractivity contribution in [2.24, 2.45) is 0 Å². The summed E-state index contributed by atoms with van der Waals surface area (Å²) in [5.41, 5.74) is 2.57. The first kappa shape index (κ1) is 19.3. The fourth-order valence-corrected chi connectivity index (χ4v) is 2.87. The van der Waals surface area contributed by atoms with Crippen molar-refractivity contribution in [1.82, 2.24) is 4.98 Å². The zero-order valence-electron chi connectivity index (χ0n) is 15.8. The van der Waals surface area contributed by atoms with E-state index in [1.54, 1.807) is 18.2 Å². The number of para-hydroxylation sites is 1. The van der Waals surface area contributed by atoms with Crippen molar-refractivity contribution < 1.29 is 23.8 Å². The van der Waals surface area contributed by atoms with Crippen molar-refractivity contribution in [2.75, 3.05) is 26.1 Å². The number of hydrogen-bond acceptors (Lipinski definition) is 5. The van der Waals surface area contributed by atoms with Crippen LogP contribution in [0.5, 0.6) is 11.5 Å². The number of anilines is 1. The van der Waals surface area contributed by atoms with Crippen LogP contribution in [0.4, 0.5) is 5.69 Å². The average Bonchev–Trinajstić information content (AvgIpc) is 3.13. The van der Waals surface area contributed by atoms with Gasteiger partial charge in [0.25, 0.3) is 5.91 Å². The van der Waals surface area contributed by atoms with Crippen LogP contribution in [0.1, 0.15) is 12.0 Å². The number of nitrogens with one attached hydrogen (secondary N) is 2. The average molecular weight is 382 g/mol. The summed E-state index contributed by atoms with van der Waals surface area (Å²) in [6.45, 7) is -0.355. The fourth-order valence-electron chi connectivity index (χ4n) is 2.87. The minimum absolute atomic E-state index is 0.197. The molecular formula is C21H22N2O5. The zero-order valence-corrected chi connectivity index (χ0v) is 15.8. The molecule has 0 aliphatic heterocycles. The van der Waals surface area contributed by atoms with E-state index in [-0.39, 0.29) is 13.0 Å². The first-order chi connectivity index (χ1) is 13.6. The molecule has 7 nitrogen and oxygen atoms in total. The Morgan fingerprint density at radius 3 is 2.46 bits per heavy atom. The lowest BCUT2D eigenvalue weighted by molar-refractivity contribution is -0.147. The molecule has 1 aromatic heterocycles. The standard InChI is InChI=1S/C21H22N2O5/c1-26-16-9-15(10-17(11-16)27-2)23-20(24)13-28-21(25)8-7-14-12-22-19-6-4-3-5-18(14)19/h3-6,9-12,22H,7-8,13H2,1-2H3,(H,23,24). The highest BCUT2D eigenvalue weighted by molar-refractivity contribution is 5.93. The van der Waals surface area contributed by atoms with Crippen LogP contribution in [-0.2, 0) is 20.7 Å². The highest BCUT2D eigenvalue weighted by atomic mass is 16.5. The van der Waals surface area contributed by atoms with E-state index >= 15 is 0 Å². The lowest BCUT2D eigenvalue weighted by Crippen LogP contribution is -2.21. The van der Waals surface area contributed by atoms with E-state index in [0.717, 1.165) is 16.5 Å². The number of amides is 1. The number of benzene rings is 2. The minimum Gasteiger partial charge on any atom is -0.497 e. The number of H-pyrrole nitrogens is 1. The van der Waals surface area contributed by atoms with Gasteiger partial charge in [0.2, 0.25) is 0 Å². The first-order valence-electron chi connectivity index (χ1n) is 8.82. The highest BCUT2D eigenvalue weighted by Gasteiger charge is 2.11. The molecule has 1 heterocycles. The topological polar surface area (TPSA) is 89.6 Å². The third kappa shape index (κ3) is 4.82. The number of ether oxygens (including phenoxy) is 3. The third-order valence-corrected chi connectivity index (χ3v) is 4.27. The van der Waals surface area contributed by atoms with E-state index in [0.29, 0.717) is 23.6 Å². The number of aromatic nitrogens is 1. The van der Waals surface area contributed by atoms with E-state index < -0.39 is 11.9 Å². The summed E-state index contributed by atoms with van der Waals surface area (Å²) in [5.74, 6) is 0.232. The summed E-state index contributed by atoms with van der Waals surface area (Å²) < 4.78 is 15.4.